The van der Waals surface area contributed by atoms with E-state index in [0.717, 1.165) is 65.1 Å². The molecule has 5 heteroatoms. The summed E-state index contributed by atoms with van der Waals surface area (Å²) in [6, 6.07) is 10.9. The molecule has 3 saturated heterocycles. The zero-order valence-corrected chi connectivity index (χ0v) is 14.9. The fourth-order valence-corrected chi connectivity index (χ4v) is 4.34. The van der Waals surface area contributed by atoms with Crippen LogP contribution in [0.5, 0.6) is 0 Å². The molecule has 0 aromatic heterocycles. The standard InChI is InChI=1S/C20H28N2O3/c23-19-22(11-8-17-5-2-1-3-6-17)16-20(25-19)9-12-21(13-10-20)18-7-4-14-24-15-18/h1-3,5-6,18H,4,7-16H2/t18-/m1/s1. The molecular formula is C20H28N2O3. The largest absolute Gasteiger partial charge is 0.441 e. The molecule has 5 nitrogen and oxygen atoms in total. The van der Waals surface area contributed by atoms with Crippen LogP contribution in [-0.4, -0.2) is 66.9 Å². The highest BCUT2D eigenvalue weighted by molar-refractivity contribution is 5.70. The second kappa shape index (κ2) is 7.34. The van der Waals surface area contributed by atoms with E-state index >= 15 is 0 Å². The molecule has 136 valence electrons. The van der Waals surface area contributed by atoms with Gasteiger partial charge in [0.15, 0.2) is 0 Å². The van der Waals surface area contributed by atoms with Crippen LogP contribution in [0.1, 0.15) is 31.2 Å². The normalized spacial score (nSPS) is 26.8. The first-order chi connectivity index (χ1) is 12.2. The third-order valence-corrected chi connectivity index (χ3v) is 5.92. The summed E-state index contributed by atoms with van der Waals surface area (Å²) < 4.78 is 11.5. The van der Waals surface area contributed by atoms with Crippen LogP contribution < -0.4 is 0 Å². The van der Waals surface area contributed by atoms with Crippen LogP contribution in [0.2, 0.25) is 0 Å². The molecule has 1 aromatic carbocycles. The fraction of sp³-hybridized carbons (Fsp3) is 0.650. The molecule has 3 fully saturated rings. The Labute approximate surface area is 149 Å². The molecule has 1 atom stereocenters. The molecule has 1 aromatic rings. The van der Waals surface area contributed by atoms with E-state index in [2.05, 4.69) is 17.0 Å². The van der Waals surface area contributed by atoms with Crippen molar-refractivity contribution in [2.24, 2.45) is 0 Å². The van der Waals surface area contributed by atoms with Crippen molar-refractivity contribution in [2.75, 3.05) is 39.4 Å². The van der Waals surface area contributed by atoms with Crippen LogP contribution in [0.15, 0.2) is 30.3 Å². The van der Waals surface area contributed by atoms with Crippen LogP contribution >= 0.6 is 0 Å². The molecule has 0 radical (unpaired) electrons. The Kier molecular flexibility index (Phi) is 4.95. The number of piperidine rings is 1. The van der Waals surface area contributed by atoms with Gasteiger partial charge in [-0.2, -0.15) is 0 Å². The molecule has 0 saturated carbocycles. The van der Waals surface area contributed by atoms with Crippen molar-refractivity contribution in [1.29, 1.82) is 0 Å². The minimum Gasteiger partial charge on any atom is -0.441 e. The van der Waals surface area contributed by atoms with E-state index in [4.69, 9.17) is 9.47 Å². The number of benzene rings is 1. The lowest BCUT2D eigenvalue weighted by Crippen LogP contribution is -2.52. The molecule has 3 heterocycles. The maximum atomic E-state index is 12.3. The quantitative estimate of drug-likeness (QED) is 0.842. The molecule has 4 rings (SSSR count). The number of ether oxygens (including phenoxy) is 2. The minimum atomic E-state index is -0.264. The number of carbonyl (C=O) groups is 1. The molecule has 0 aliphatic carbocycles. The van der Waals surface area contributed by atoms with E-state index in [1.54, 1.807) is 0 Å². The summed E-state index contributed by atoms with van der Waals surface area (Å²) in [5.41, 5.74) is 1.00. The highest BCUT2D eigenvalue weighted by Crippen LogP contribution is 2.34. The maximum Gasteiger partial charge on any atom is 0.410 e. The van der Waals surface area contributed by atoms with E-state index in [9.17, 15) is 4.79 Å². The molecule has 3 aliphatic rings. The summed E-state index contributed by atoms with van der Waals surface area (Å²) in [5, 5.41) is 0. The van der Waals surface area contributed by atoms with E-state index < -0.39 is 0 Å². The van der Waals surface area contributed by atoms with E-state index in [0.29, 0.717) is 6.04 Å². The molecule has 3 aliphatic heterocycles. The average Bonchev–Trinajstić information content (AvgIpc) is 2.97. The Morgan fingerprint density at radius 1 is 1.16 bits per heavy atom. The highest BCUT2D eigenvalue weighted by Gasteiger charge is 2.47. The molecular weight excluding hydrogens is 316 g/mol. The summed E-state index contributed by atoms with van der Waals surface area (Å²) in [6.45, 7) is 5.26. The molecule has 1 spiro atoms. The van der Waals surface area contributed by atoms with Gasteiger partial charge < -0.3 is 14.4 Å². The number of nitrogens with zero attached hydrogens (tertiary/aromatic N) is 2. The van der Waals surface area contributed by atoms with Gasteiger partial charge in [0, 0.05) is 45.1 Å². The summed E-state index contributed by atoms with van der Waals surface area (Å²) in [5.74, 6) is 0. The number of rotatable bonds is 4. The Hall–Kier alpha value is -1.59. The third-order valence-electron chi connectivity index (χ3n) is 5.92. The molecule has 0 N–H and O–H groups in total. The zero-order valence-electron chi connectivity index (χ0n) is 14.9. The number of amides is 1. The van der Waals surface area contributed by atoms with Gasteiger partial charge in [-0.1, -0.05) is 30.3 Å². The van der Waals surface area contributed by atoms with Crippen molar-refractivity contribution < 1.29 is 14.3 Å². The summed E-state index contributed by atoms with van der Waals surface area (Å²) in [6.07, 6.45) is 5.03. The fourth-order valence-electron chi connectivity index (χ4n) is 4.34. The molecule has 0 unspecified atom stereocenters. The Morgan fingerprint density at radius 3 is 2.68 bits per heavy atom. The summed E-state index contributed by atoms with van der Waals surface area (Å²) in [7, 11) is 0. The first kappa shape index (κ1) is 16.9. The van der Waals surface area contributed by atoms with Gasteiger partial charge in [-0.05, 0) is 24.8 Å². The first-order valence-electron chi connectivity index (χ1n) is 9.58. The third kappa shape index (κ3) is 3.82. The van der Waals surface area contributed by atoms with Crippen LogP contribution in [0.3, 0.4) is 0 Å². The number of hydrogen-bond acceptors (Lipinski definition) is 4. The number of likely N-dealkylation sites (tertiary alicyclic amines) is 1. The van der Waals surface area contributed by atoms with Crippen LogP contribution in [-0.2, 0) is 15.9 Å². The molecule has 1 amide bonds. The number of carbonyl (C=O) groups excluding carboxylic acids is 1. The summed E-state index contributed by atoms with van der Waals surface area (Å²) in [4.78, 5) is 16.8. The van der Waals surface area contributed by atoms with Crippen molar-refractivity contribution in [3.05, 3.63) is 35.9 Å². The Morgan fingerprint density at radius 2 is 1.96 bits per heavy atom. The minimum absolute atomic E-state index is 0.134. The monoisotopic (exact) mass is 344 g/mol. The van der Waals surface area contributed by atoms with Crippen molar-refractivity contribution in [1.82, 2.24) is 9.80 Å². The van der Waals surface area contributed by atoms with Gasteiger partial charge in [0.25, 0.3) is 0 Å². The summed E-state index contributed by atoms with van der Waals surface area (Å²) >= 11 is 0. The smallest absolute Gasteiger partial charge is 0.410 e. The van der Waals surface area contributed by atoms with Crippen LogP contribution in [0.4, 0.5) is 4.79 Å². The van der Waals surface area contributed by atoms with E-state index in [-0.39, 0.29) is 11.7 Å². The second-order valence-corrected chi connectivity index (χ2v) is 7.62. The van der Waals surface area contributed by atoms with Gasteiger partial charge in [0.05, 0.1) is 13.2 Å². The molecule has 0 bridgehead atoms. The average molecular weight is 344 g/mol. The van der Waals surface area contributed by atoms with Crippen molar-refractivity contribution in [2.45, 2.75) is 43.7 Å². The van der Waals surface area contributed by atoms with Crippen molar-refractivity contribution in [3.63, 3.8) is 0 Å². The van der Waals surface area contributed by atoms with E-state index in [1.165, 1.54) is 12.0 Å². The van der Waals surface area contributed by atoms with Gasteiger partial charge in [0.1, 0.15) is 5.60 Å². The van der Waals surface area contributed by atoms with Crippen molar-refractivity contribution in [3.8, 4) is 0 Å². The lowest BCUT2D eigenvalue weighted by atomic mass is 9.90. The predicted molar refractivity (Wildman–Crippen MR) is 95.6 cm³/mol. The lowest BCUT2D eigenvalue weighted by Gasteiger charge is -2.42. The maximum absolute atomic E-state index is 12.3. The second-order valence-electron chi connectivity index (χ2n) is 7.62. The van der Waals surface area contributed by atoms with Crippen LogP contribution in [0.25, 0.3) is 0 Å². The Bertz CT molecular complexity index is 578. The molecule has 25 heavy (non-hydrogen) atoms. The predicted octanol–water partition coefficient (Wildman–Crippen LogP) is 2.69. The van der Waals surface area contributed by atoms with Gasteiger partial charge in [0.2, 0.25) is 0 Å². The van der Waals surface area contributed by atoms with Gasteiger partial charge >= 0.3 is 6.09 Å². The SMILES string of the molecule is O=C1OC2(CCN([C@@H]3CCCOC3)CC2)CN1CCc1ccccc1. The van der Waals surface area contributed by atoms with Gasteiger partial charge in [-0.25, -0.2) is 4.79 Å². The van der Waals surface area contributed by atoms with Gasteiger partial charge in [-0.15, -0.1) is 0 Å². The number of hydrogen-bond donors (Lipinski definition) is 0. The van der Waals surface area contributed by atoms with E-state index in [1.807, 2.05) is 23.1 Å². The first-order valence-corrected chi connectivity index (χ1v) is 9.58. The lowest BCUT2D eigenvalue weighted by molar-refractivity contribution is -0.0389. The van der Waals surface area contributed by atoms with Crippen LogP contribution in [0, 0.1) is 0 Å². The Balaban J connectivity index is 1.29. The topological polar surface area (TPSA) is 42.0 Å². The van der Waals surface area contributed by atoms with Gasteiger partial charge in [-0.3, -0.25) is 4.90 Å². The van der Waals surface area contributed by atoms with Crippen molar-refractivity contribution >= 4 is 6.09 Å². The highest BCUT2D eigenvalue weighted by atomic mass is 16.6. The zero-order chi connectivity index (χ0) is 17.1.